The maximum absolute atomic E-state index is 11.9. The molecule has 82 valence electrons. The molecule has 0 aliphatic heterocycles. The number of aryl methyl sites for hydroxylation is 1. The van der Waals surface area contributed by atoms with E-state index in [1.807, 2.05) is 19.1 Å². The molecule has 1 fully saturated rings. The van der Waals surface area contributed by atoms with E-state index in [1.54, 1.807) is 12.1 Å². The number of hydrogen-bond donors (Lipinski definition) is 0. The fourth-order valence-electron chi connectivity index (χ4n) is 1.75. The van der Waals surface area contributed by atoms with Crippen molar-refractivity contribution in [2.24, 2.45) is 11.8 Å². The van der Waals surface area contributed by atoms with Gasteiger partial charge in [-0.1, -0.05) is 24.6 Å². The molecular formula is C12H16O2S. The highest BCUT2D eigenvalue weighted by atomic mass is 32.2. The van der Waals surface area contributed by atoms with Crippen molar-refractivity contribution in [1.82, 2.24) is 0 Å². The number of rotatable bonds is 3. The van der Waals surface area contributed by atoms with Gasteiger partial charge < -0.3 is 0 Å². The highest BCUT2D eigenvalue weighted by Crippen LogP contribution is 2.39. The molecule has 0 radical (unpaired) electrons. The molecule has 1 aliphatic rings. The Morgan fingerprint density at radius 2 is 1.80 bits per heavy atom. The van der Waals surface area contributed by atoms with Crippen LogP contribution in [0.3, 0.4) is 0 Å². The zero-order valence-corrected chi connectivity index (χ0v) is 9.92. The van der Waals surface area contributed by atoms with Gasteiger partial charge in [-0.25, -0.2) is 8.42 Å². The fourth-order valence-corrected chi connectivity index (χ4v) is 3.53. The molecule has 0 spiro atoms. The molecule has 1 aliphatic carbocycles. The van der Waals surface area contributed by atoms with Crippen molar-refractivity contribution in [3.63, 3.8) is 0 Å². The molecule has 1 aromatic rings. The largest absolute Gasteiger partial charge is 0.224 e. The Morgan fingerprint density at radius 3 is 2.27 bits per heavy atom. The zero-order chi connectivity index (χ0) is 11.1. The average Bonchev–Trinajstić information content (AvgIpc) is 2.81. The van der Waals surface area contributed by atoms with E-state index >= 15 is 0 Å². The van der Waals surface area contributed by atoms with Crippen LogP contribution >= 0.6 is 0 Å². The van der Waals surface area contributed by atoms with Gasteiger partial charge in [0, 0.05) is 0 Å². The van der Waals surface area contributed by atoms with Crippen LogP contribution in [-0.2, 0) is 9.84 Å². The standard InChI is InChI=1S/C12H16O2S/c1-9-3-5-12(6-4-9)15(13,14)8-11-7-10(11)2/h3-6,10-11H,7-8H2,1-2H3. The van der Waals surface area contributed by atoms with E-state index in [-0.39, 0.29) is 0 Å². The monoisotopic (exact) mass is 224 g/mol. The summed E-state index contributed by atoms with van der Waals surface area (Å²) in [5.41, 5.74) is 1.09. The minimum absolute atomic E-state index is 0.317. The molecule has 0 bridgehead atoms. The van der Waals surface area contributed by atoms with E-state index in [0.717, 1.165) is 12.0 Å². The van der Waals surface area contributed by atoms with Crippen LogP contribution in [-0.4, -0.2) is 14.2 Å². The van der Waals surface area contributed by atoms with Gasteiger partial charge in [-0.05, 0) is 37.3 Å². The van der Waals surface area contributed by atoms with Gasteiger partial charge in [0.2, 0.25) is 0 Å². The molecule has 0 heterocycles. The van der Waals surface area contributed by atoms with Crippen molar-refractivity contribution in [3.05, 3.63) is 29.8 Å². The van der Waals surface area contributed by atoms with Gasteiger partial charge in [0.15, 0.2) is 9.84 Å². The molecule has 2 nitrogen and oxygen atoms in total. The van der Waals surface area contributed by atoms with Crippen molar-refractivity contribution < 1.29 is 8.42 Å². The molecule has 3 heteroatoms. The molecule has 2 atom stereocenters. The van der Waals surface area contributed by atoms with Gasteiger partial charge in [-0.15, -0.1) is 0 Å². The predicted octanol–water partition coefficient (Wildman–Crippen LogP) is 2.42. The van der Waals surface area contributed by atoms with Crippen LogP contribution in [0.25, 0.3) is 0 Å². The van der Waals surface area contributed by atoms with E-state index in [4.69, 9.17) is 0 Å². The van der Waals surface area contributed by atoms with Crippen molar-refractivity contribution in [2.45, 2.75) is 25.2 Å². The van der Waals surface area contributed by atoms with Crippen molar-refractivity contribution in [1.29, 1.82) is 0 Å². The van der Waals surface area contributed by atoms with Crippen LogP contribution < -0.4 is 0 Å². The highest BCUT2D eigenvalue weighted by molar-refractivity contribution is 7.91. The quantitative estimate of drug-likeness (QED) is 0.790. The third kappa shape index (κ3) is 2.40. The van der Waals surface area contributed by atoms with Crippen LogP contribution in [0.1, 0.15) is 18.9 Å². The summed E-state index contributed by atoms with van der Waals surface area (Å²) in [6, 6.07) is 7.11. The van der Waals surface area contributed by atoms with E-state index in [1.165, 1.54) is 0 Å². The van der Waals surface area contributed by atoms with Gasteiger partial charge in [-0.2, -0.15) is 0 Å². The Bertz CT molecular complexity index is 445. The van der Waals surface area contributed by atoms with Gasteiger partial charge in [0.25, 0.3) is 0 Å². The van der Waals surface area contributed by atoms with E-state index in [9.17, 15) is 8.42 Å². The first-order chi connectivity index (χ1) is 6.99. The molecule has 1 saturated carbocycles. The minimum atomic E-state index is -3.05. The summed E-state index contributed by atoms with van der Waals surface area (Å²) in [6.45, 7) is 4.06. The number of sulfone groups is 1. The number of benzene rings is 1. The molecule has 2 unspecified atom stereocenters. The van der Waals surface area contributed by atoms with Crippen LogP contribution in [0.2, 0.25) is 0 Å². The van der Waals surface area contributed by atoms with Crippen molar-refractivity contribution in [2.75, 3.05) is 5.75 Å². The van der Waals surface area contributed by atoms with Crippen LogP contribution in [0, 0.1) is 18.8 Å². The molecule has 0 N–H and O–H groups in total. The second-order valence-corrected chi connectivity index (χ2v) is 6.60. The minimum Gasteiger partial charge on any atom is -0.224 e. The molecular weight excluding hydrogens is 208 g/mol. The Morgan fingerprint density at radius 1 is 1.27 bits per heavy atom. The molecule has 2 rings (SSSR count). The fraction of sp³-hybridized carbons (Fsp3) is 0.500. The number of hydrogen-bond acceptors (Lipinski definition) is 2. The Kier molecular flexibility index (Phi) is 2.59. The van der Waals surface area contributed by atoms with E-state index in [2.05, 4.69) is 6.92 Å². The van der Waals surface area contributed by atoms with Gasteiger partial charge in [-0.3, -0.25) is 0 Å². The van der Waals surface area contributed by atoms with Crippen molar-refractivity contribution in [3.8, 4) is 0 Å². The third-order valence-electron chi connectivity index (χ3n) is 3.09. The summed E-state index contributed by atoms with van der Waals surface area (Å²) >= 11 is 0. The maximum Gasteiger partial charge on any atom is 0.178 e. The van der Waals surface area contributed by atoms with E-state index < -0.39 is 9.84 Å². The van der Waals surface area contributed by atoms with Crippen LogP contribution in [0.4, 0.5) is 0 Å². The SMILES string of the molecule is Cc1ccc(S(=O)(=O)CC2CC2C)cc1. The summed E-state index contributed by atoms with van der Waals surface area (Å²) in [5, 5.41) is 0. The van der Waals surface area contributed by atoms with Crippen LogP contribution in [0.5, 0.6) is 0 Å². The second-order valence-electron chi connectivity index (χ2n) is 4.57. The predicted molar refractivity (Wildman–Crippen MR) is 60.5 cm³/mol. The lowest BCUT2D eigenvalue weighted by atomic mass is 10.2. The third-order valence-corrected chi connectivity index (χ3v) is 4.95. The average molecular weight is 224 g/mol. The Labute approximate surface area is 91.2 Å². The lowest BCUT2D eigenvalue weighted by Crippen LogP contribution is -2.09. The zero-order valence-electron chi connectivity index (χ0n) is 9.10. The first kappa shape index (κ1) is 10.7. The summed E-state index contributed by atoms with van der Waals surface area (Å²) < 4.78 is 23.9. The smallest absolute Gasteiger partial charge is 0.178 e. The topological polar surface area (TPSA) is 34.1 Å². The van der Waals surface area contributed by atoms with Gasteiger partial charge in [0.05, 0.1) is 10.6 Å². The lowest BCUT2D eigenvalue weighted by Gasteiger charge is -2.03. The summed E-state index contributed by atoms with van der Waals surface area (Å²) in [5.74, 6) is 1.29. The summed E-state index contributed by atoms with van der Waals surface area (Å²) in [7, 11) is -3.05. The second kappa shape index (κ2) is 3.63. The van der Waals surface area contributed by atoms with Crippen LogP contribution in [0.15, 0.2) is 29.2 Å². The summed E-state index contributed by atoms with van der Waals surface area (Å²) in [4.78, 5) is 0.465. The van der Waals surface area contributed by atoms with Gasteiger partial charge in [0.1, 0.15) is 0 Å². The van der Waals surface area contributed by atoms with Gasteiger partial charge >= 0.3 is 0 Å². The molecule has 0 saturated heterocycles. The molecule has 15 heavy (non-hydrogen) atoms. The van der Waals surface area contributed by atoms with Crippen molar-refractivity contribution >= 4 is 9.84 Å². The Hall–Kier alpha value is -0.830. The molecule has 0 aromatic heterocycles. The highest BCUT2D eigenvalue weighted by Gasteiger charge is 2.36. The Balaban J connectivity index is 2.18. The normalized spacial score (nSPS) is 25.2. The first-order valence-electron chi connectivity index (χ1n) is 5.28. The molecule has 0 amide bonds. The lowest BCUT2D eigenvalue weighted by molar-refractivity contribution is 0.590. The maximum atomic E-state index is 11.9. The molecule has 1 aromatic carbocycles. The first-order valence-corrected chi connectivity index (χ1v) is 6.94. The van der Waals surface area contributed by atoms with E-state index in [0.29, 0.717) is 22.5 Å². The summed E-state index contributed by atoms with van der Waals surface area (Å²) in [6.07, 6.45) is 1.06.